The van der Waals surface area contributed by atoms with Gasteiger partial charge in [0.05, 0.1) is 5.03 Å². The number of allylic oxidation sites excluding steroid dienone is 2. The zero-order chi connectivity index (χ0) is 11.9. The number of halogens is 2. The van der Waals surface area contributed by atoms with Gasteiger partial charge in [-0.25, -0.2) is 0 Å². The summed E-state index contributed by atoms with van der Waals surface area (Å²) in [4.78, 5) is 2.44. The summed E-state index contributed by atoms with van der Waals surface area (Å²) >= 11 is 12.5. The predicted octanol–water partition coefficient (Wildman–Crippen LogP) is 3.80. The predicted molar refractivity (Wildman–Crippen MR) is 72.0 cm³/mol. The van der Waals surface area contributed by atoms with E-state index in [1.807, 2.05) is 36.5 Å². The normalized spacial score (nSPS) is 23.5. The van der Waals surface area contributed by atoms with Gasteiger partial charge in [0, 0.05) is 28.9 Å². The Kier molecular flexibility index (Phi) is 2.42. The molecule has 1 unspecified atom stereocenters. The Morgan fingerprint density at radius 2 is 2.06 bits per heavy atom. The molecule has 1 aliphatic heterocycles. The molecule has 0 fully saturated rings. The van der Waals surface area contributed by atoms with Crippen molar-refractivity contribution in [1.29, 1.82) is 0 Å². The summed E-state index contributed by atoms with van der Waals surface area (Å²) in [7, 11) is 0. The lowest BCUT2D eigenvalue weighted by Crippen LogP contribution is -2.33. The van der Waals surface area contributed by atoms with E-state index in [9.17, 15) is 0 Å². The summed E-state index contributed by atoms with van der Waals surface area (Å²) < 4.78 is 0. The Balaban J connectivity index is 2.16. The molecule has 2 N–H and O–H groups in total. The third-order valence-corrected chi connectivity index (χ3v) is 3.55. The van der Waals surface area contributed by atoms with Crippen LogP contribution < -0.4 is 5.32 Å². The highest BCUT2D eigenvalue weighted by Gasteiger charge is 2.28. The van der Waals surface area contributed by atoms with Crippen molar-refractivity contribution in [3.05, 3.63) is 59.4 Å². The van der Waals surface area contributed by atoms with Crippen LogP contribution in [0.1, 0.15) is 5.56 Å². The van der Waals surface area contributed by atoms with Gasteiger partial charge in [0.1, 0.15) is 0 Å². The maximum atomic E-state index is 6.59. The first kappa shape index (κ1) is 10.8. The molecule has 1 atom stereocenters. The van der Waals surface area contributed by atoms with Crippen LogP contribution in [0.4, 0.5) is 0 Å². The summed E-state index contributed by atoms with van der Waals surface area (Å²) in [5.74, 6) is 0. The van der Waals surface area contributed by atoms with Crippen LogP contribution in [0.15, 0.2) is 53.8 Å². The zero-order valence-corrected chi connectivity index (χ0v) is 10.4. The second kappa shape index (κ2) is 3.83. The second-order valence-electron chi connectivity index (χ2n) is 3.96. The summed E-state index contributed by atoms with van der Waals surface area (Å²) in [5.41, 5.74) is 2.08. The third kappa shape index (κ3) is 1.74. The first-order valence-corrected chi connectivity index (χ1v) is 6.03. The van der Waals surface area contributed by atoms with Gasteiger partial charge in [-0.05, 0) is 24.3 Å². The van der Waals surface area contributed by atoms with E-state index in [-0.39, 0.29) is 0 Å². The van der Waals surface area contributed by atoms with Crippen LogP contribution in [0.25, 0.3) is 10.9 Å². The molecule has 2 nitrogen and oxygen atoms in total. The Hall–Kier alpha value is -1.38. The van der Waals surface area contributed by atoms with Crippen molar-refractivity contribution in [2.75, 3.05) is 0 Å². The molecule has 0 aliphatic carbocycles. The molecule has 0 amide bonds. The van der Waals surface area contributed by atoms with E-state index in [1.54, 1.807) is 12.3 Å². The number of hydrogen-bond donors (Lipinski definition) is 2. The topological polar surface area (TPSA) is 27.8 Å². The van der Waals surface area contributed by atoms with E-state index < -0.39 is 5.00 Å². The smallest absolute Gasteiger partial charge is 0.157 e. The highest BCUT2D eigenvalue weighted by molar-refractivity contribution is 6.32. The summed E-state index contributed by atoms with van der Waals surface area (Å²) in [5, 5.41) is 4.86. The van der Waals surface area contributed by atoms with Crippen LogP contribution in [0.3, 0.4) is 0 Å². The van der Waals surface area contributed by atoms with E-state index in [2.05, 4.69) is 10.3 Å². The summed E-state index contributed by atoms with van der Waals surface area (Å²) in [6.45, 7) is 0. The minimum atomic E-state index is -0.736. The van der Waals surface area contributed by atoms with Gasteiger partial charge in [0.15, 0.2) is 5.00 Å². The van der Waals surface area contributed by atoms with Crippen molar-refractivity contribution in [1.82, 2.24) is 10.3 Å². The Bertz CT molecular complexity index is 627. The van der Waals surface area contributed by atoms with Gasteiger partial charge in [-0.15, -0.1) is 0 Å². The number of dihydropyridines is 1. The fraction of sp³-hybridized carbons (Fsp3) is 0.0769. The molecule has 1 aromatic heterocycles. The number of fused-ring (bicyclic) bond motifs is 1. The molecule has 86 valence electrons. The van der Waals surface area contributed by atoms with Gasteiger partial charge in [-0.2, -0.15) is 0 Å². The first-order chi connectivity index (χ1) is 8.19. The third-order valence-electron chi connectivity index (χ3n) is 2.88. The molecular formula is C13H10Cl2N2. The zero-order valence-electron chi connectivity index (χ0n) is 8.87. The van der Waals surface area contributed by atoms with Gasteiger partial charge in [0.2, 0.25) is 0 Å². The fourth-order valence-corrected chi connectivity index (χ4v) is 2.43. The molecule has 17 heavy (non-hydrogen) atoms. The van der Waals surface area contributed by atoms with Crippen LogP contribution in [-0.2, 0) is 5.00 Å². The molecule has 3 rings (SSSR count). The van der Waals surface area contributed by atoms with Crippen molar-refractivity contribution in [2.45, 2.75) is 5.00 Å². The van der Waals surface area contributed by atoms with Gasteiger partial charge >= 0.3 is 0 Å². The number of hydrogen-bond acceptors (Lipinski definition) is 1. The molecule has 0 saturated carbocycles. The fourth-order valence-electron chi connectivity index (χ4n) is 2.03. The molecule has 0 radical (unpaired) electrons. The maximum Gasteiger partial charge on any atom is 0.157 e. The van der Waals surface area contributed by atoms with Crippen LogP contribution in [-0.4, -0.2) is 4.98 Å². The second-order valence-corrected chi connectivity index (χ2v) is 5.00. The first-order valence-electron chi connectivity index (χ1n) is 5.27. The summed E-state index contributed by atoms with van der Waals surface area (Å²) in [6.07, 6.45) is 7.28. The number of H-pyrrole nitrogens is 1. The minimum absolute atomic E-state index is 0.641. The maximum absolute atomic E-state index is 6.59. The lowest BCUT2D eigenvalue weighted by molar-refractivity contribution is 0.670. The van der Waals surface area contributed by atoms with E-state index in [4.69, 9.17) is 23.2 Å². The minimum Gasteiger partial charge on any atom is -0.365 e. The number of alkyl halides is 1. The van der Waals surface area contributed by atoms with Crippen molar-refractivity contribution in [3.63, 3.8) is 0 Å². The van der Waals surface area contributed by atoms with Crippen molar-refractivity contribution < 1.29 is 0 Å². The molecule has 0 spiro atoms. The monoisotopic (exact) mass is 264 g/mol. The lowest BCUT2D eigenvalue weighted by Gasteiger charge is -2.27. The molecule has 0 bridgehead atoms. The lowest BCUT2D eigenvalue weighted by atomic mass is 10.0. The van der Waals surface area contributed by atoms with Crippen molar-refractivity contribution >= 4 is 34.1 Å². The molecule has 4 heteroatoms. The number of aromatic amines is 1. The quantitative estimate of drug-likeness (QED) is 0.595. The number of rotatable bonds is 1. The highest BCUT2D eigenvalue weighted by atomic mass is 35.5. The molecule has 2 heterocycles. The van der Waals surface area contributed by atoms with Crippen LogP contribution in [0.5, 0.6) is 0 Å². The Morgan fingerprint density at radius 3 is 2.82 bits per heavy atom. The van der Waals surface area contributed by atoms with E-state index in [1.165, 1.54) is 0 Å². The van der Waals surface area contributed by atoms with Crippen molar-refractivity contribution in [3.8, 4) is 0 Å². The summed E-state index contributed by atoms with van der Waals surface area (Å²) in [6, 6.07) is 8.03. The Morgan fingerprint density at radius 1 is 1.18 bits per heavy atom. The number of aromatic nitrogens is 1. The highest BCUT2D eigenvalue weighted by Crippen LogP contribution is 2.35. The Labute approximate surface area is 109 Å². The number of nitrogens with one attached hydrogen (secondary N) is 2. The molecule has 2 aromatic rings. The van der Waals surface area contributed by atoms with Crippen LogP contribution in [0.2, 0.25) is 0 Å². The average Bonchev–Trinajstić information content (AvgIpc) is 2.81. The molecular weight excluding hydrogens is 255 g/mol. The average molecular weight is 265 g/mol. The van der Waals surface area contributed by atoms with Crippen LogP contribution >= 0.6 is 23.2 Å². The van der Waals surface area contributed by atoms with Gasteiger partial charge in [-0.3, -0.25) is 0 Å². The molecule has 1 aromatic carbocycles. The standard InChI is InChI=1S/C13H10Cl2N2/c14-9-4-6-13(15,17-8-9)11-2-1-3-12-10(11)5-7-16-12/h1-8,16-17H. The SMILES string of the molecule is ClC1=CNC(Cl)(c2cccc3[nH]ccc23)C=C1. The van der Waals surface area contributed by atoms with Crippen molar-refractivity contribution in [2.24, 2.45) is 0 Å². The van der Waals surface area contributed by atoms with Gasteiger partial charge < -0.3 is 10.3 Å². The largest absolute Gasteiger partial charge is 0.365 e. The van der Waals surface area contributed by atoms with E-state index in [0.717, 1.165) is 16.5 Å². The van der Waals surface area contributed by atoms with Gasteiger partial charge in [-0.1, -0.05) is 35.3 Å². The number of benzene rings is 1. The molecule has 0 saturated heterocycles. The van der Waals surface area contributed by atoms with Crippen LogP contribution in [0, 0.1) is 0 Å². The molecule has 1 aliphatic rings. The van der Waals surface area contributed by atoms with E-state index >= 15 is 0 Å². The van der Waals surface area contributed by atoms with E-state index in [0.29, 0.717) is 5.03 Å². The van der Waals surface area contributed by atoms with Gasteiger partial charge in [0.25, 0.3) is 0 Å².